The fourth-order valence-corrected chi connectivity index (χ4v) is 4.06. The number of fused-ring (bicyclic) bond motifs is 1. The van der Waals surface area contributed by atoms with Crippen molar-refractivity contribution >= 4 is 28.4 Å². The van der Waals surface area contributed by atoms with Gasteiger partial charge in [0, 0.05) is 17.1 Å². The highest BCUT2D eigenvalue weighted by Crippen LogP contribution is 2.28. The first-order chi connectivity index (χ1) is 15.9. The number of anilines is 1. The summed E-state index contributed by atoms with van der Waals surface area (Å²) >= 11 is 0. The van der Waals surface area contributed by atoms with Gasteiger partial charge in [-0.1, -0.05) is 36.4 Å². The second-order valence-corrected chi connectivity index (χ2v) is 8.02. The van der Waals surface area contributed by atoms with Crippen molar-refractivity contribution in [2.45, 2.75) is 20.8 Å². The summed E-state index contributed by atoms with van der Waals surface area (Å²) in [6, 6.07) is 24.1. The van der Waals surface area contributed by atoms with E-state index in [4.69, 9.17) is 4.74 Å². The first-order valence-corrected chi connectivity index (χ1v) is 10.7. The number of nitrogens with one attached hydrogen (secondary N) is 1. The van der Waals surface area contributed by atoms with Gasteiger partial charge in [0.15, 0.2) is 0 Å². The van der Waals surface area contributed by atoms with Crippen LogP contribution in [0.25, 0.3) is 22.5 Å². The van der Waals surface area contributed by atoms with Crippen molar-refractivity contribution < 1.29 is 9.53 Å². The highest BCUT2D eigenvalue weighted by Gasteiger charge is 2.16. The summed E-state index contributed by atoms with van der Waals surface area (Å²) in [5, 5.41) is 14.8. The Morgan fingerprint density at radius 2 is 1.76 bits per heavy atom. The van der Waals surface area contributed by atoms with Gasteiger partial charge >= 0.3 is 0 Å². The number of benzene rings is 3. The quantitative estimate of drug-likeness (QED) is 0.304. The zero-order valence-electron chi connectivity index (χ0n) is 19.1. The third kappa shape index (κ3) is 4.37. The van der Waals surface area contributed by atoms with Gasteiger partial charge in [0.25, 0.3) is 5.91 Å². The van der Waals surface area contributed by atoms with Gasteiger partial charge in [0.2, 0.25) is 0 Å². The number of carbonyl (C=O) groups is 1. The van der Waals surface area contributed by atoms with Crippen LogP contribution in [-0.2, 0) is 4.79 Å². The molecular formula is C28H25N3O2. The lowest BCUT2D eigenvalue weighted by Crippen LogP contribution is -2.14. The zero-order chi connectivity index (χ0) is 23.5. The van der Waals surface area contributed by atoms with Crippen LogP contribution in [0.2, 0.25) is 0 Å². The van der Waals surface area contributed by atoms with Gasteiger partial charge in [0.05, 0.1) is 12.8 Å². The second kappa shape index (κ2) is 9.05. The van der Waals surface area contributed by atoms with Crippen molar-refractivity contribution in [3.05, 3.63) is 94.8 Å². The van der Waals surface area contributed by atoms with E-state index in [1.165, 1.54) is 5.39 Å². The molecule has 0 aliphatic rings. The summed E-state index contributed by atoms with van der Waals surface area (Å²) in [7, 11) is 1.54. The summed E-state index contributed by atoms with van der Waals surface area (Å²) in [5.74, 6) is 0.0673. The molecule has 1 aromatic heterocycles. The Kier molecular flexibility index (Phi) is 6.01. The van der Waals surface area contributed by atoms with E-state index in [0.717, 1.165) is 33.6 Å². The Hall–Kier alpha value is -4.30. The van der Waals surface area contributed by atoms with E-state index in [1.54, 1.807) is 19.3 Å². The predicted molar refractivity (Wildman–Crippen MR) is 133 cm³/mol. The summed E-state index contributed by atoms with van der Waals surface area (Å²) in [6.45, 7) is 5.94. The fourth-order valence-electron chi connectivity index (χ4n) is 4.06. The van der Waals surface area contributed by atoms with Crippen molar-refractivity contribution in [1.82, 2.24) is 4.57 Å². The van der Waals surface area contributed by atoms with Crippen molar-refractivity contribution in [3.8, 4) is 17.5 Å². The molecule has 4 rings (SSSR count). The van der Waals surface area contributed by atoms with Gasteiger partial charge in [-0.15, -0.1) is 0 Å². The van der Waals surface area contributed by atoms with Crippen LogP contribution in [0.15, 0.2) is 72.3 Å². The van der Waals surface area contributed by atoms with Gasteiger partial charge in [-0.25, -0.2) is 0 Å². The molecule has 1 amide bonds. The second-order valence-electron chi connectivity index (χ2n) is 8.02. The van der Waals surface area contributed by atoms with E-state index in [0.29, 0.717) is 11.4 Å². The zero-order valence-corrected chi connectivity index (χ0v) is 19.1. The normalized spacial score (nSPS) is 11.3. The molecule has 0 spiro atoms. The van der Waals surface area contributed by atoms with Crippen LogP contribution in [-0.4, -0.2) is 17.6 Å². The molecule has 1 N–H and O–H groups in total. The van der Waals surface area contributed by atoms with Crippen molar-refractivity contribution in [1.29, 1.82) is 5.26 Å². The van der Waals surface area contributed by atoms with E-state index >= 15 is 0 Å². The molecule has 0 aliphatic heterocycles. The molecule has 33 heavy (non-hydrogen) atoms. The Labute approximate surface area is 193 Å². The number of methoxy groups -OCH3 is 1. The first-order valence-electron chi connectivity index (χ1n) is 10.7. The van der Waals surface area contributed by atoms with Gasteiger partial charge in [-0.2, -0.15) is 5.26 Å². The molecule has 164 valence electrons. The lowest BCUT2D eigenvalue weighted by atomic mass is 10.1. The van der Waals surface area contributed by atoms with Crippen LogP contribution < -0.4 is 10.1 Å². The number of nitrogens with zero attached hydrogens (tertiary/aromatic N) is 2. The standard InChI is InChI=1S/C28H25N3O2/c1-18-9-12-27(33-4)26(13-18)30-28(32)24(17-29)15-23-14-19(2)31(20(23)3)25-11-10-21-7-5-6-8-22(21)16-25/h5-16H,1-4H3,(H,30,32)/b24-15+. The van der Waals surface area contributed by atoms with E-state index in [9.17, 15) is 10.1 Å². The van der Waals surface area contributed by atoms with Crippen LogP contribution >= 0.6 is 0 Å². The highest BCUT2D eigenvalue weighted by molar-refractivity contribution is 6.10. The molecule has 5 nitrogen and oxygen atoms in total. The summed E-state index contributed by atoms with van der Waals surface area (Å²) in [6.07, 6.45) is 1.64. The Morgan fingerprint density at radius 3 is 2.48 bits per heavy atom. The summed E-state index contributed by atoms with van der Waals surface area (Å²) in [5.41, 5.74) is 5.37. The van der Waals surface area contributed by atoms with Gasteiger partial charge < -0.3 is 14.6 Å². The molecular weight excluding hydrogens is 410 g/mol. The smallest absolute Gasteiger partial charge is 0.266 e. The SMILES string of the molecule is COc1ccc(C)cc1NC(=O)/C(C#N)=C/c1cc(C)n(-c2ccc3ccccc3c2)c1C. The summed E-state index contributed by atoms with van der Waals surface area (Å²) in [4.78, 5) is 12.9. The van der Waals surface area contributed by atoms with Crippen LogP contribution in [0.3, 0.4) is 0 Å². The maximum atomic E-state index is 12.9. The minimum Gasteiger partial charge on any atom is -0.495 e. The number of amides is 1. The Morgan fingerprint density at radius 1 is 1.00 bits per heavy atom. The number of carbonyl (C=O) groups excluding carboxylic acids is 1. The lowest BCUT2D eigenvalue weighted by molar-refractivity contribution is -0.112. The van der Waals surface area contributed by atoms with Gasteiger partial charge in [-0.05, 0) is 79.1 Å². The molecule has 0 atom stereocenters. The average Bonchev–Trinajstić information content (AvgIpc) is 3.09. The minimum absolute atomic E-state index is 0.0253. The Bertz CT molecular complexity index is 1440. The van der Waals surface area contributed by atoms with Crippen LogP contribution in [0.5, 0.6) is 5.75 Å². The number of aromatic nitrogens is 1. The van der Waals surface area contributed by atoms with Gasteiger partial charge in [-0.3, -0.25) is 4.79 Å². The highest BCUT2D eigenvalue weighted by atomic mass is 16.5. The molecule has 0 unspecified atom stereocenters. The van der Waals surface area contributed by atoms with Crippen LogP contribution in [0.1, 0.15) is 22.5 Å². The average molecular weight is 436 g/mol. The largest absolute Gasteiger partial charge is 0.495 e. The first kappa shape index (κ1) is 21.9. The number of hydrogen-bond acceptors (Lipinski definition) is 3. The van der Waals surface area contributed by atoms with Crippen molar-refractivity contribution in [2.75, 3.05) is 12.4 Å². The topological polar surface area (TPSA) is 67.0 Å². The molecule has 3 aromatic carbocycles. The minimum atomic E-state index is -0.475. The Balaban J connectivity index is 1.68. The number of hydrogen-bond donors (Lipinski definition) is 1. The molecule has 0 aliphatic carbocycles. The maximum Gasteiger partial charge on any atom is 0.266 e. The molecule has 0 saturated heterocycles. The van der Waals surface area contributed by atoms with Crippen molar-refractivity contribution in [2.24, 2.45) is 0 Å². The number of nitriles is 1. The van der Waals surface area contributed by atoms with E-state index in [1.807, 2.05) is 57.2 Å². The van der Waals surface area contributed by atoms with Crippen LogP contribution in [0.4, 0.5) is 5.69 Å². The van der Waals surface area contributed by atoms with E-state index < -0.39 is 5.91 Å². The molecule has 0 radical (unpaired) electrons. The number of ether oxygens (including phenoxy) is 1. The molecule has 0 saturated carbocycles. The fraction of sp³-hybridized carbons (Fsp3) is 0.143. The third-order valence-electron chi connectivity index (χ3n) is 5.73. The summed E-state index contributed by atoms with van der Waals surface area (Å²) < 4.78 is 7.46. The molecule has 0 bridgehead atoms. The molecule has 1 heterocycles. The molecule has 0 fully saturated rings. The molecule has 5 heteroatoms. The predicted octanol–water partition coefficient (Wildman–Crippen LogP) is 6.11. The molecule has 4 aromatic rings. The van der Waals surface area contributed by atoms with Gasteiger partial charge in [0.1, 0.15) is 17.4 Å². The monoisotopic (exact) mass is 435 g/mol. The van der Waals surface area contributed by atoms with Crippen molar-refractivity contribution in [3.63, 3.8) is 0 Å². The lowest BCUT2D eigenvalue weighted by Gasteiger charge is -2.11. The van der Waals surface area contributed by atoms with E-state index in [2.05, 4.69) is 40.2 Å². The number of rotatable bonds is 5. The number of aryl methyl sites for hydroxylation is 2. The van der Waals surface area contributed by atoms with E-state index in [-0.39, 0.29) is 5.57 Å². The van der Waals surface area contributed by atoms with Crippen LogP contribution in [0, 0.1) is 32.1 Å². The maximum absolute atomic E-state index is 12.9. The third-order valence-corrected chi connectivity index (χ3v) is 5.73.